The minimum Gasteiger partial charge on any atom is -0.417 e. The van der Waals surface area contributed by atoms with E-state index >= 15 is 0 Å². The van der Waals surface area contributed by atoms with Gasteiger partial charge in [0.1, 0.15) is 12.4 Å². The number of hydrogen-bond acceptors (Lipinski definition) is 6. The van der Waals surface area contributed by atoms with Crippen LogP contribution in [0.1, 0.15) is 39.1 Å². The van der Waals surface area contributed by atoms with Crippen LogP contribution in [0.25, 0.3) is 0 Å². The summed E-state index contributed by atoms with van der Waals surface area (Å²) in [4.78, 5) is 4.08. The van der Waals surface area contributed by atoms with Crippen molar-refractivity contribution in [1.29, 1.82) is 0 Å². The highest BCUT2D eigenvalue weighted by molar-refractivity contribution is 7.86. The SMILES string of the molecule is Cn1ncnc1C(CCO[Si](C)(C)C(C)(C)C)OS(C)(=O)=O. The monoisotopic (exact) mass is 349 g/mol. The van der Waals surface area contributed by atoms with Crippen molar-refractivity contribution in [1.82, 2.24) is 14.8 Å². The molecule has 1 unspecified atom stereocenters. The molecule has 0 bridgehead atoms. The fraction of sp³-hybridized carbons (Fsp3) is 0.846. The van der Waals surface area contributed by atoms with Crippen molar-refractivity contribution in [3.63, 3.8) is 0 Å². The average Bonchev–Trinajstić information content (AvgIpc) is 2.70. The van der Waals surface area contributed by atoms with E-state index in [2.05, 4.69) is 43.9 Å². The smallest absolute Gasteiger partial charge is 0.265 e. The number of aryl methyl sites for hydroxylation is 1. The Balaban J connectivity index is 2.78. The molecule has 1 aromatic rings. The summed E-state index contributed by atoms with van der Waals surface area (Å²) in [6, 6.07) is 0. The first-order valence-corrected chi connectivity index (χ1v) is 11.9. The van der Waals surface area contributed by atoms with Gasteiger partial charge in [0, 0.05) is 20.1 Å². The van der Waals surface area contributed by atoms with Crippen LogP contribution >= 0.6 is 0 Å². The first-order valence-electron chi connectivity index (χ1n) is 7.19. The van der Waals surface area contributed by atoms with Crippen LogP contribution in [0.4, 0.5) is 0 Å². The van der Waals surface area contributed by atoms with Gasteiger partial charge >= 0.3 is 0 Å². The van der Waals surface area contributed by atoms with Crippen molar-refractivity contribution in [2.24, 2.45) is 7.05 Å². The first-order chi connectivity index (χ1) is 9.83. The Labute approximate surface area is 134 Å². The second kappa shape index (κ2) is 6.77. The molecule has 1 rings (SSSR count). The quantitative estimate of drug-likeness (QED) is 0.554. The van der Waals surface area contributed by atoms with Crippen LogP contribution < -0.4 is 0 Å². The molecule has 0 aliphatic carbocycles. The molecule has 0 spiro atoms. The Morgan fingerprint density at radius 2 is 1.95 bits per heavy atom. The molecule has 7 nitrogen and oxygen atoms in total. The number of rotatable bonds is 7. The molecule has 9 heteroatoms. The highest BCUT2D eigenvalue weighted by Gasteiger charge is 2.37. The standard InChI is InChI=1S/C13H27N3O4SSi/c1-13(2,3)22(6,7)19-9-8-11(20-21(5,17)18)12-14-10-15-16(12)4/h10-11H,8-9H2,1-7H3. The normalized spacial score (nSPS) is 15.0. The lowest BCUT2D eigenvalue weighted by Gasteiger charge is -2.36. The highest BCUT2D eigenvalue weighted by Crippen LogP contribution is 2.37. The molecule has 0 saturated carbocycles. The molecular formula is C13H27N3O4SSi. The molecule has 0 radical (unpaired) electrons. The number of aromatic nitrogens is 3. The van der Waals surface area contributed by atoms with Gasteiger partial charge in [-0.05, 0) is 18.1 Å². The molecule has 0 N–H and O–H groups in total. The molecule has 0 amide bonds. The Kier molecular flexibility index (Phi) is 5.93. The maximum Gasteiger partial charge on any atom is 0.265 e. The first kappa shape index (κ1) is 19.3. The van der Waals surface area contributed by atoms with Gasteiger partial charge in [-0.3, -0.25) is 8.86 Å². The van der Waals surface area contributed by atoms with E-state index in [4.69, 9.17) is 8.61 Å². The van der Waals surface area contributed by atoms with E-state index in [9.17, 15) is 8.42 Å². The fourth-order valence-electron chi connectivity index (χ4n) is 1.67. The largest absolute Gasteiger partial charge is 0.417 e. The molecule has 0 saturated heterocycles. The predicted molar refractivity (Wildman–Crippen MR) is 87.4 cm³/mol. The summed E-state index contributed by atoms with van der Waals surface area (Å²) < 4.78 is 35.7. The molecule has 128 valence electrons. The average molecular weight is 350 g/mol. The zero-order chi connectivity index (χ0) is 17.2. The van der Waals surface area contributed by atoms with Crippen molar-refractivity contribution >= 4 is 18.4 Å². The minimum absolute atomic E-state index is 0.102. The van der Waals surface area contributed by atoms with E-state index in [1.165, 1.54) is 11.0 Å². The molecule has 22 heavy (non-hydrogen) atoms. The van der Waals surface area contributed by atoms with E-state index in [0.717, 1.165) is 6.26 Å². The molecule has 1 heterocycles. The highest BCUT2D eigenvalue weighted by atomic mass is 32.2. The van der Waals surface area contributed by atoms with Gasteiger partial charge in [0.25, 0.3) is 10.1 Å². The van der Waals surface area contributed by atoms with Crippen LogP contribution in [-0.4, -0.2) is 44.4 Å². The van der Waals surface area contributed by atoms with Gasteiger partial charge < -0.3 is 4.43 Å². The third kappa shape index (κ3) is 5.45. The Morgan fingerprint density at radius 1 is 1.36 bits per heavy atom. The zero-order valence-corrected chi connectivity index (χ0v) is 16.3. The molecule has 0 fully saturated rings. The predicted octanol–water partition coefficient (Wildman–Crippen LogP) is 2.24. The van der Waals surface area contributed by atoms with E-state index < -0.39 is 24.5 Å². The van der Waals surface area contributed by atoms with Crippen LogP contribution in [0.3, 0.4) is 0 Å². The van der Waals surface area contributed by atoms with Gasteiger partial charge in [-0.15, -0.1) is 0 Å². The lowest BCUT2D eigenvalue weighted by Crippen LogP contribution is -2.41. The van der Waals surface area contributed by atoms with E-state index in [0.29, 0.717) is 18.9 Å². The van der Waals surface area contributed by atoms with Crippen LogP contribution in [-0.2, 0) is 25.8 Å². The summed E-state index contributed by atoms with van der Waals surface area (Å²) in [5, 5.41) is 4.06. The Hall–Kier alpha value is -0.773. The summed E-state index contributed by atoms with van der Waals surface area (Å²) in [5.41, 5.74) is 0. The van der Waals surface area contributed by atoms with Crippen molar-refractivity contribution in [2.75, 3.05) is 12.9 Å². The van der Waals surface area contributed by atoms with Crippen molar-refractivity contribution in [3.05, 3.63) is 12.2 Å². The third-order valence-electron chi connectivity index (χ3n) is 3.97. The molecular weight excluding hydrogens is 322 g/mol. The lowest BCUT2D eigenvalue weighted by atomic mass is 10.2. The Morgan fingerprint density at radius 3 is 2.36 bits per heavy atom. The van der Waals surface area contributed by atoms with Gasteiger partial charge in [-0.2, -0.15) is 13.5 Å². The van der Waals surface area contributed by atoms with E-state index in [-0.39, 0.29) is 5.04 Å². The van der Waals surface area contributed by atoms with Gasteiger partial charge in [-0.1, -0.05) is 20.8 Å². The van der Waals surface area contributed by atoms with E-state index in [1.807, 2.05) is 0 Å². The van der Waals surface area contributed by atoms with Crippen LogP contribution in [0, 0.1) is 0 Å². The summed E-state index contributed by atoms with van der Waals surface area (Å²) >= 11 is 0. The van der Waals surface area contributed by atoms with Crippen LogP contribution in [0.2, 0.25) is 18.1 Å². The second-order valence-electron chi connectivity index (χ2n) is 6.93. The van der Waals surface area contributed by atoms with Gasteiger partial charge in [0.2, 0.25) is 0 Å². The summed E-state index contributed by atoms with van der Waals surface area (Å²) in [7, 11) is -3.76. The maximum atomic E-state index is 11.5. The lowest BCUT2D eigenvalue weighted by molar-refractivity contribution is 0.154. The van der Waals surface area contributed by atoms with Crippen molar-refractivity contribution in [2.45, 2.75) is 51.4 Å². The number of nitrogens with zero attached hydrogens (tertiary/aromatic N) is 3. The summed E-state index contributed by atoms with van der Waals surface area (Å²) in [5.74, 6) is 0.476. The second-order valence-corrected chi connectivity index (χ2v) is 13.3. The third-order valence-corrected chi connectivity index (χ3v) is 9.09. The van der Waals surface area contributed by atoms with E-state index in [1.54, 1.807) is 7.05 Å². The topological polar surface area (TPSA) is 83.3 Å². The molecule has 1 aromatic heterocycles. The fourth-order valence-corrected chi connectivity index (χ4v) is 3.33. The summed E-state index contributed by atoms with van der Waals surface area (Å²) in [6.07, 6.45) is 2.13. The van der Waals surface area contributed by atoms with Crippen LogP contribution in [0.15, 0.2) is 6.33 Å². The van der Waals surface area contributed by atoms with Gasteiger partial charge in [0.05, 0.1) is 6.26 Å². The summed E-state index contributed by atoms with van der Waals surface area (Å²) in [6.45, 7) is 11.2. The van der Waals surface area contributed by atoms with Crippen LogP contribution in [0.5, 0.6) is 0 Å². The molecule has 0 aliphatic rings. The minimum atomic E-state index is -3.59. The van der Waals surface area contributed by atoms with Crippen molar-refractivity contribution in [3.8, 4) is 0 Å². The molecule has 0 aromatic carbocycles. The Bertz CT molecular complexity index is 593. The molecule has 0 aliphatic heterocycles. The van der Waals surface area contributed by atoms with Crippen molar-refractivity contribution < 1.29 is 17.0 Å². The van der Waals surface area contributed by atoms with Gasteiger partial charge in [0.15, 0.2) is 14.1 Å². The zero-order valence-electron chi connectivity index (χ0n) is 14.5. The molecule has 1 atom stereocenters. The number of hydrogen-bond donors (Lipinski definition) is 0. The maximum absolute atomic E-state index is 11.5. The van der Waals surface area contributed by atoms with Gasteiger partial charge in [-0.25, -0.2) is 4.98 Å².